The van der Waals surface area contributed by atoms with E-state index in [2.05, 4.69) is 24.7 Å². The van der Waals surface area contributed by atoms with E-state index in [4.69, 9.17) is 0 Å². The van der Waals surface area contributed by atoms with Crippen LogP contribution in [0.1, 0.15) is 6.92 Å². The van der Waals surface area contributed by atoms with Gasteiger partial charge in [-0.15, -0.1) is 0 Å². The van der Waals surface area contributed by atoms with Crippen LogP contribution in [0.3, 0.4) is 0 Å². The zero-order valence-corrected chi connectivity index (χ0v) is 21.5. The van der Waals surface area contributed by atoms with Gasteiger partial charge in [-0.1, -0.05) is 0 Å². The minimum absolute atomic E-state index is 0.126. The average molecular weight is 495 g/mol. The number of quaternary nitrogens is 2. The predicted octanol–water partition coefficient (Wildman–Crippen LogP) is -3.27. The standard InChI is InChI=1S/C23H42N8O4/c1-19(27-15-22(34)29(23(35)16-27)18-31(3)10-6-25-7-11-31)12-26-13-20(32)28(21(33)14-26)17-30(2)8-4-24-5-9-30/h19,24-25H,4-18H2,1-3H3/q+2. The van der Waals surface area contributed by atoms with Crippen molar-refractivity contribution in [3.05, 3.63) is 0 Å². The molecule has 4 aliphatic heterocycles. The van der Waals surface area contributed by atoms with Gasteiger partial charge in [-0.2, -0.15) is 0 Å². The number of rotatable bonds is 7. The van der Waals surface area contributed by atoms with Gasteiger partial charge in [-0.25, -0.2) is 9.80 Å². The van der Waals surface area contributed by atoms with Crippen LogP contribution in [0, 0.1) is 0 Å². The van der Waals surface area contributed by atoms with Crippen LogP contribution < -0.4 is 10.6 Å². The van der Waals surface area contributed by atoms with Crippen LogP contribution in [0.15, 0.2) is 0 Å². The van der Waals surface area contributed by atoms with Gasteiger partial charge in [0.25, 0.3) is 0 Å². The monoisotopic (exact) mass is 494 g/mol. The molecule has 0 aliphatic carbocycles. The molecule has 12 heteroatoms. The zero-order chi connectivity index (χ0) is 25.2. The number of hydrogen-bond acceptors (Lipinski definition) is 8. The van der Waals surface area contributed by atoms with Crippen molar-refractivity contribution in [3.63, 3.8) is 0 Å². The molecule has 0 aromatic carbocycles. The molecule has 4 amide bonds. The molecule has 0 aromatic rings. The first kappa shape index (κ1) is 26.1. The summed E-state index contributed by atoms with van der Waals surface area (Å²) in [4.78, 5) is 58.1. The highest BCUT2D eigenvalue weighted by atomic mass is 16.2. The molecule has 2 N–H and O–H groups in total. The summed E-state index contributed by atoms with van der Waals surface area (Å²) in [5, 5.41) is 6.64. The first-order chi connectivity index (χ1) is 16.6. The number of carbonyl (C=O) groups is 4. The molecule has 0 saturated carbocycles. The topological polar surface area (TPSA) is 105 Å². The van der Waals surface area contributed by atoms with Crippen molar-refractivity contribution in [1.29, 1.82) is 0 Å². The van der Waals surface area contributed by atoms with Crippen molar-refractivity contribution < 1.29 is 28.1 Å². The number of amides is 4. The smallest absolute Gasteiger partial charge is 0.247 e. The Morgan fingerprint density at radius 2 is 1.06 bits per heavy atom. The van der Waals surface area contributed by atoms with E-state index >= 15 is 0 Å². The lowest BCUT2D eigenvalue weighted by molar-refractivity contribution is -0.918. The number of likely N-dealkylation sites (N-methyl/N-ethyl adjacent to an activating group) is 2. The van der Waals surface area contributed by atoms with E-state index in [1.807, 2.05) is 16.7 Å². The molecule has 196 valence electrons. The molecule has 1 atom stereocenters. The maximum Gasteiger partial charge on any atom is 0.247 e. The molecule has 0 spiro atoms. The van der Waals surface area contributed by atoms with Crippen molar-refractivity contribution in [2.45, 2.75) is 13.0 Å². The molecule has 1 unspecified atom stereocenters. The normalized spacial score (nSPS) is 27.4. The number of imide groups is 2. The van der Waals surface area contributed by atoms with Gasteiger partial charge < -0.3 is 19.6 Å². The number of nitrogens with zero attached hydrogens (tertiary/aromatic N) is 6. The third-order valence-corrected chi connectivity index (χ3v) is 8.02. The quantitative estimate of drug-likeness (QED) is 0.281. The van der Waals surface area contributed by atoms with Crippen molar-refractivity contribution in [2.24, 2.45) is 0 Å². The highest BCUT2D eigenvalue weighted by molar-refractivity contribution is 6.00. The minimum atomic E-state index is -0.170. The largest absolute Gasteiger partial charge is 0.306 e. The van der Waals surface area contributed by atoms with Crippen LogP contribution in [0.2, 0.25) is 0 Å². The summed E-state index contributed by atoms with van der Waals surface area (Å²) in [7, 11) is 4.18. The summed E-state index contributed by atoms with van der Waals surface area (Å²) >= 11 is 0. The molecule has 0 radical (unpaired) electrons. The molecule has 12 nitrogen and oxygen atoms in total. The van der Waals surface area contributed by atoms with Gasteiger partial charge in [0.15, 0.2) is 13.3 Å². The van der Waals surface area contributed by atoms with Crippen LogP contribution in [0.4, 0.5) is 0 Å². The molecule has 0 aromatic heterocycles. The number of nitrogens with one attached hydrogen (secondary N) is 2. The van der Waals surface area contributed by atoms with Gasteiger partial charge in [0.05, 0.1) is 66.5 Å². The van der Waals surface area contributed by atoms with Gasteiger partial charge in [-0.3, -0.25) is 29.0 Å². The van der Waals surface area contributed by atoms with E-state index < -0.39 is 0 Å². The third-order valence-electron chi connectivity index (χ3n) is 8.02. The molecule has 4 heterocycles. The summed E-state index contributed by atoms with van der Waals surface area (Å²) in [6.45, 7) is 11.1. The van der Waals surface area contributed by atoms with Crippen molar-refractivity contribution in [2.75, 3.05) is 113 Å². The first-order valence-electron chi connectivity index (χ1n) is 12.8. The van der Waals surface area contributed by atoms with Gasteiger partial charge >= 0.3 is 0 Å². The van der Waals surface area contributed by atoms with Crippen molar-refractivity contribution in [3.8, 4) is 0 Å². The number of hydrogen-bond donors (Lipinski definition) is 2. The van der Waals surface area contributed by atoms with Gasteiger partial charge in [0.1, 0.15) is 0 Å². The van der Waals surface area contributed by atoms with Crippen LogP contribution in [-0.4, -0.2) is 171 Å². The molecule has 4 rings (SSSR count). The van der Waals surface area contributed by atoms with E-state index in [-0.39, 0.29) is 55.8 Å². The molecule has 4 aliphatic rings. The van der Waals surface area contributed by atoms with E-state index in [0.717, 1.165) is 52.4 Å². The average Bonchev–Trinajstić information content (AvgIpc) is 2.79. The fraction of sp³-hybridized carbons (Fsp3) is 0.826. The third kappa shape index (κ3) is 6.25. The lowest BCUT2D eigenvalue weighted by Crippen LogP contribution is -2.66. The van der Waals surface area contributed by atoms with E-state index in [1.54, 1.807) is 0 Å². The molecule has 35 heavy (non-hydrogen) atoms. The predicted molar refractivity (Wildman–Crippen MR) is 128 cm³/mol. The molecule has 4 saturated heterocycles. The fourth-order valence-electron chi connectivity index (χ4n) is 5.54. The molecule has 0 bridgehead atoms. The van der Waals surface area contributed by atoms with Crippen molar-refractivity contribution >= 4 is 23.6 Å². The molecular weight excluding hydrogens is 452 g/mol. The Morgan fingerprint density at radius 3 is 1.46 bits per heavy atom. The highest BCUT2D eigenvalue weighted by Gasteiger charge is 2.41. The van der Waals surface area contributed by atoms with E-state index in [1.165, 1.54) is 9.80 Å². The second-order valence-corrected chi connectivity index (χ2v) is 11.3. The first-order valence-corrected chi connectivity index (χ1v) is 12.8. The lowest BCUT2D eigenvalue weighted by Gasteiger charge is -2.44. The van der Waals surface area contributed by atoms with Gasteiger partial charge in [0, 0.05) is 38.8 Å². The van der Waals surface area contributed by atoms with Crippen molar-refractivity contribution in [1.82, 2.24) is 30.2 Å². The summed E-state index contributed by atoms with van der Waals surface area (Å²) in [6.07, 6.45) is 0. The number of carbonyl (C=O) groups excluding carboxylic acids is 4. The maximum atomic E-state index is 12.9. The van der Waals surface area contributed by atoms with Gasteiger partial charge in [0.2, 0.25) is 23.6 Å². The summed E-state index contributed by atoms with van der Waals surface area (Å²) in [5.41, 5.74) is 0. The summed E-state index contributed by atoms with van der Waals surface area (Å²) in [6, 6.07) is -0.126. The lowest BCUT2D eigenvalue weighted by atomic mass is 10.1. The Balaban J connectivity index is 1.29. The Labute approximate surface area is 207 Å². The van der Waals surface area contributed by atoms with E-state index in [9.17, 15) is 19.2 Å². The Kier molecular flexibility index (Phi) is 7.89. The highest BCUT2D eigenvalue weighted by Crippen LogP contribution is 2.16. The van der Waals surface area contributed by atoms with Crippen LogP contribution in [0.25, 0.3) is 0 Å². The fourth-order valence-corrected chi connectivity index (χ4v) is 5.54. The van der Waals surface area contributed by atoms with Crippen LogP contribution >= 0.6 is 0 Å². The van der Waals surface area contributed by atoms with E-state index in [0.29, 0.717) is 28.8 Å². The maximum absolute atomic E-state index is 12.9. The SMILES string of the molecule is CC(CN1CC(=O)N(C[N+]2(C)CCNCC2)C(=O)C1)N1CC(=O)N(C[N+]2(C)CCNCC2)C(=O)C1. The summed E-state index contributed by atoms with van der Waals surface area (Å²) in [5.74, 6) is -0.681. The Hall–Kier alpha value is -1.96. The number of piperazine rings is 4. The second kappa shape index (κ2) is 10.6. The summed E-state index contributed by atoms with van der Waals surface area (Å²) < 4.78 is 1.37. The minimum Gasteiger partial charge on any atom is -0.306 e. The van der Waals surface area contributed by atoms with Crippen LogP contribution in [-0.2, 0) is 19.2 Å². The molecular formula is C23H42N8O4+2. The van der Waals surface area contributed by atoms with Gasteiger partial charge in [-0.05, 0) is 6.92 Å². The Morgan fingerprint density at radius 1 is 0.686 bits per heavy atom. The Bertz CT molecular complexity index is 803. The zero-order valence-electron chi connectivity index (χ0n) is 21.5. The molecule has 4 fully saturated rings. The second-order valence-electron chi connectivity index (χ2n) is 11.3. The van der Waals surface area contributed by atoms with Crippen LogP contribution in [0.5, 0.6) is 0 Å².